The Morgan fingerprint density at radius 3 is 2.91 bits per heavy atom. The fourth-order valence-electron chi connectivity index (χ4n) is 2.19. The van der Waals surface area contributed by atoms with E-state index in [9.17, 15) is 0 Å². The van der Waals surface area contributed by atoms with Crippen LogP contribution < -0.4 is 14.2 Å². The van der Waals surface area contributed by atoms with Crippen molar-refractivity contribution in [3.8, 4) is 23.3 Å². The zero-order valence-corrected chi connectivity index (χ0v) is 12.6. The number of nitriles is 1. The maximum absolute atomic E-state index is 8.89. The quantitative estimate of drug-likeness (QED) is 0.860. The molecule has 2 aromatic rings. The Morgan fingerprint density at radius 2 is 2.05 bits per heavy atom. The van der Waals surface area contributed by atoms with E-state index < -0.39 is 0 Å². The van der Waals surface area contributed by atoms with E-state index in [1.54, 1.807) is 18.2 Å². The van der Waals surface area contributed by atoms with Crippen molar-refractivity contribution in [2.75, 3.05) is 13.2 Å². The van der Waals surface area contributed by atoms with Gasteiger partial charge in [-0.15, -0.1) is 0 Å². The Labute approximate surface area is 133 Å². The van der Waals surface area contributed by atoms with Crippen LogP contribution in [-0.4, -0.2) is 13.2 Å². The Bertz CT molecular complexity index is 724. The van der Waals surface area contributed by atoms with Gasteiger partial charge >= 0.3 is 0 Å². The molecule has 4 nitrogen and oxygen atoms in total. The Morgan fingerprint density at radius 1 is 1.18 bits per heavy atom. The van der Waals surface area contributed by atoms with Crippen LogP contribution in [0.2, 0.25) is 5.02 Å². The topological polar surface area (TPSA) is 51.5 Å². The molecule has 22 heavy (non-hydrogen) atoms. The molecule has 0 spiro atoms. The second-order valence-corrected chi connectivity index (χ2v) is 5.29. The maximum Gasteiger partial charge on any atom is 0.179 e. The summed E-state index contributed by atoms with van der Waals surface area (Å²) in [5.74, 6) is 1.88. The molecule has 0 aromatic heterocycles. The molecule has 112 valence electrons. The lowest BCUT2D eigenvalue weighted by Gasteiger charge is -2.12. The molecule has 0 aliphatic carbocycles. The molecule has 3 rings (SSSR count). The third-order valence-electron chi connectivity index (χ3n) is 3.23. The number of fused-ring (bicyclic) bond motifs is 1. The normalized spacial score (nSPS) is 13.1. The van der Waals surface area contributed by atoms with Crippen molar-refractivity contribution < 1.29 is 14.2 Å². The van der Waals surface area contributed by atoms with Gasteiger partial charge in [0.1, 0.15) is 12.4 Å². The first-order chi connectivity index (χ1) is 10.8. The van der Waals surface area contributed by atoms with Crippen LogP contribution in [0.15, 0.2) is 36.4 Å². The zero-order chi connectivity index (χ0) is 15.4. The lowest BCUT2D eigenvalue weighted by molar-refractivity contribution is 0.295. The minimum absolute atomic E-state index is 0.339. The van der Waals surface area contributed by atoms with Gasteiger partial charge in [-0.25, -0.2) is 0 Å². The summed E-state index contributed by atoms with van der Waals surface area (Å²) in [6, 6.07) is 12.8. The summed E-state index contributed by atoms with van der Waals surface area (Å²) in [4.78, 5) is 0. The van der Waals surface area contributed by atoms with Gasteiger partial charge in [0, 0.05) is 6.42 Å². The van der Waals surface area contributed by atoms with Gasteiger partial charge in [0.2, 0.25) is 0 Å². The molecule has 0 fully saturated rings. The van der Waals surface area contributed by atoms with Crippen LogP contribution in [0, 0.1) is 11.3 Å². The first-order valence-corrected chi connectivity index (χ1v) is 7.35. The van der Waals surface area contributed by atoms with Gasteiger partial charge in [-0.2, -0.15) is 5.26 Å². The number of ether oxygens (including phenoxy) is 3. The summed E-state index contributed by atoms with van der Waals surface area (Å²) < 4.78 is 16.9. The molecule has 0 N–H and O–H groups in total. The second kappa shape index (κ2) is 6.59. The summed E-state index contributed by atoms with van der Waals surface area (Å²) in [6.45, 7) is 1.55. The third kappa shape index (κ3) is 3.26. The van der Waals surface area contributed by atoms with Crippen molar-refractivity contribution >= 4 is 11.6 Å². The van der Waals surface area contributed by atoms with Gasteiger partial charge in [0.25, 0.3) is 0 Å². The molecule has 0 atom stereocenters. The predicted molar refractivity (Wildman–Crippen MR) is 82.5 cm³/mol. The second-order valence-electron chi connectivity index (χ2n) is 4.88. The van der Waals surface area contributed by atoms with Crippen molar-refractivity contribution in [2.24, 2.45) is 0 Å². The van der Waals surface area contributed by atoms with E-state index in [-0.39, 0.29) is 0 Å². The van der Waals surface area contributed by atoms with E-state index >= 15 is 0 Å². The van der Waals surface area contributed by atoms with Crippen LogP contribution in [0.3, 0.4) is 0 Å². The first kappa shape index (κ1) is 14.6. The number of hydrogen-bond acceptors (Lipinski definition) is 4. The Hall–Kier alpha value is -2.38. The van der Waals surface area contributed by atoms with Crippen LogP contribution in [0.1, 0.15) is 17.5 Å². The highest BCUT2D eigenvalue weighted by atomic mass is 35.5. The van der Waals surface area contributed by atoms with Gasteiger partial charge < -0.3 is 14.2 Å². The number of hydrogen-bond donors (Lipinski definition) is 0. The van der Waals surface area contributed by atoms with E-state index in [4.69, 9.17) is 31.1 Å². The molecule has 0 amide bonds. The van der Waals surface area contributed by atoms with E-state index in [0.717, 1.165) is 12.0 Å². The molecule has 0 unspecified atom stereocenters. The Kier molecular flexibility index (Phi) is 4.36. The number of halogens is 1. The monoisotopic (exact) mass is 315 g/mol. The number of rotatable bonds is 3. The summed E-state index contributed by atoms with van der Waals surface area (Å²) in [5.41, 5.74) is 1.45. The van der Waals surface area contributed by atoms with Crippen molar-refractivity contribution in [1.82, 2.24) is 0 Å². The molecule has 5 heteroatoms. The first-order valence-electron chi connectivity index (χ1n) is 6.97. The number of nitrogens with zero attached hydrogens (tertiary/aromatic N) is 1. The van der Waals surface area contributed by atoms with E-state index in [2.05, 4.69) is 6.07 Å². The molecule has 0 saturated carbocycles. The smallest absolute Gasteiger partial charge is 0.179 e. The molecule has 2 aromatic carbocycles. The minimum atomic E-state index is 0.339. The minimum Gasteiger partial charge on any atom is -0.489 e. The van der Waals surface area contributed by atoms with E-state index in [0.29, 0.717) is 47.7 Å². The van der Waals surface area contributed by atoms with Gasteiger partial charge in [-0.05, 0) is 35.9 Å². The fraction of sp³-hybridized carbons (Fsp3) is 0.235. The van der Waals surface area contributed by atoms with Gasteiger partial charge in [-0.1, -0.05) is 17.7 Å². The molecule has 1 aliphatic rings. The SMILES string of the molecule is N#Cc1cccc(OCc2cc(Cl)c3c(c2)OCCCO3)c1. The third-order valence-corrected chi connectivity index (χ3v) is 3.51. The van der Waals surface area contributed by atoms with Gasteiger partial charge in [-0.3, -0.25) is 0 Å². The van der Waals surface area contributed by atoms with Crippen molar-refractivity contribution in [1.29, 1.82) is 5.26 Å². The predicted octanol–water partition coefficient (Wildman–Crippen LogP) is 3.95. The molecular formula is C17H14ClNO3. The molecule has 0 radical (unpaired) electrons. The maximum atomic E-state index is 8.89. The fourth-order valence-corrected chi connectivity index (χ4v) is 2.48. The van der Waals surface area contributed by atoms with Gasteiger partial charge in [0.15, 0.2) is 11.5 Å². The average molecular weight is 316 g/mol. The van der Waals surface area contributed by atoms with Crippen LogP contribution in [0.25, 0.3) is 0 Å². The van der Waals surface area contributed by atoms with Gasteiger partial charge in [0.05, 0.1) is 29.9 Å². The average Bonchev–Trinajstić information content (AvgIpc) is 2.79. The molecule has 0 bridgehead atoms. The van der Waals surface area contributed by atoms with Crippen LogP contribution in [-0.2, 0) is 6.61 Å². The van der Waals surface area contributed by atoms with E-state index in [1.165, 1.54) is 0 Å². The van der Waals surface area contributed by atoms with Crippen LogP contribution >= 0.6 is 11.6 Å². The largest absolute Gasteiger partial charge is 0.489 e. The lowest BCUT2D eigenvalue weighted by atomic mass is 10.2. The summed E-state index contributed by atoms with van der Waals surface area (Å²) in [7, 11) is 0. The molecule has 1 heterocycles. The summed E-state index contributed by atoms with van der Waals surface area (Å²) in [5, 5.41) is 9.41. The lowest BCUT2D eigenvalue weighted by Crippen LogP contribution is -1.98. The van der Waals surface area contributed by atoms with Crippen molar-refractivity contribution in [3.05, 3.63) is 52.5 Å². The van der Waals surface area contributed by atoms with Crippen LogP contribution in [0.4, 0.5) is 0 Å². The number of benzene rings is 2. The van der Waals surface area contributed by atoms with Crippen molar-refractivity contribution in [2.45, 2.75) is 13.0 Å². The highest BCUT2D eigenvalue weighted by Gasteiger charge is 2.15. The van der Waals surface area contributed by atoms with Crippen molar-refractivity contribution in [3.63, 3.8) is 0 Å². The highest BCUT2D eigenvalue weighted by molar-refractivity contribution is 6.32. The molecular weight excluding hydrogens is 302 g/mol. The summed E-state index contributed by atoms with van der Waals surface area (Å²) in [6.07, 6.45) is 0.831. The standard InChI is InChI=1S/C17H14ClNO3/c18-15-8-13(9-16-17(15)21-6-2-5-20-16)11-22-14-4-1-3-12(7-14)10-19/h1,3-4,7-9H,2,5-6,11H2. The molecule has 0 saturated heterocycles. The molecule has 1 aliphatic heterocycles. The summed E-state index contributed by atoms with van der Waals surface area (Å²) >= 11 is 6.25. The Balaban J connectivity index is 1.77. The van der Waals surface area contributed by atoms with E-state index in [1.807, 2.05) is 18.2 Å². The zero-order valence-electron chi connectivity index (χ0n) is 11.8. The highest BCUT2D eigenvalue weighted by Crippen LogP contribution is 2.38. The van der Waals surface area contributed by atoms with Crippen LogP contribution in [0.5, 0.6) is 17.2 Å².